The van der Waals surface area contributed by atoms with Gasteiger partial charge < -0.3 is 16.2 Å². The Morgan fingerprint density at radius 3 is 2.22 bits per heavy atom. The summed E-state index contributed by atoms with van der Waals surface area (Å²) in [6.07, 6.45) is -0.617. The Bertz CT molecular complexity index is 132. The molecule has 1 atom stereocenters. The fourth-order valence-corrected chi connectivity index (χ4v) is 0.269. The summed E-state index contributed by atoms with van der Waals surface area (Å²) in [5.74, 6) is -2.60. The lowest BCUT2D eigenvalue weighted by Crippen LogP contribution is -2.42. The zero-order valence-electron chi connectivity index (χ0n) is 4.92. The molecule has 5 nitrogen and oxygen atoms in total. The molecular weight excluding hydrogens is 124 g/mol. The lowest BCUT2D eigenvalue weighted by atomic mass is 10.5. The first-order chi connectivity index (χ1) is 4.04. The average Bonchev–Trinajstić information content (AvgIpc) is 1.63. The SMILES string of the molecule is CC(N)NC(=O)C(=O)O. The van der Waals surface area contributed by atoms with Gasteiger partial charge in [0, 0.05) is 0 Å². The summed E-state index contributed by atoms with van der Waals surface area (Å²) >= 11 is 0. The molecule has 0 aromatic heterocycles. The summed E-state index contributed by atoms with van der Waals surface area (Å²) in [5, 5.41) is 9.94. The van der Waals surface area contributed by atoms with Crippen LogP contribution in [0.4, 0.5) is 0 Å². The smallest absolute Gasteiger partial charge is 0.394 e. The molecular formula is C4H8N2O3. The van der Waals surface area contributed by atoms with Gasteiger partial charge in [0.15, 0.2) is 0 Å². The van der Waals surface area contributed by atoms with Crippen LogP contribution in [0.3, 0.4) is 0 Å². The van der Waals surface area contributed by atoms with Crippen molar-refractivity contribution in [3.63, 3.8) is 0 Å². The Hall–Kier alpha value is -1.10. The first-order valence-corrected chi connectivity index (χ1v) is 2.33. The second kappa shape index (κ2) is 3.03. The van der Waals surface area contributed by atoms with Crippen LogP contribution in [0.15, 0.2) is 0 Å². The molecule has 0 aliphatic rings. The van der Waals surface area contributed by atoms with Crippen molar-refractivity contribution in [2.75, 3.05) is 0 Å². The molecule has 0 saturated heterocycles. The molecule has 0 saturated carbocycles. The summed E-state index contributed by atoms with van der Waals surface area (Å²) in [5.41, 5.74) is 5.04. The number of carbonyl (C=O) groups is 2. The number of aliphatic carboxylic acids is 1. The van der Waals surface area contributed by atoms with Crippen LogP contribution in [0.2, 0.25) is 0 Å². The molecule has 0 bridgehead atoms. The second-order valence-corrected chi connectivity index (χ2v) is 1.57. The van der Waals surface area contributed by atoms with E-state index in [2.05, 4.69) is 0 Å². The van der Waals surface area contributed by atoms with Crippen molar-refractivity contribution < 1.29 is 14.7 Å². The molecule has 52 valence electrons. The monoisotopic (exact) mass is 132 g/mol. The van der Waals surface area contributed by atoms with Crippen LogP contribution in [-0.4, -0.2) is 23.1 Å². The summed E-state index contributed by atoms with van der Waals surface area (Å²) in [6.45, 7) is 1.47. The van der Waals surface area contributed by atoms with Crippen molar-refractivity contribution in [3.8, 4) is 0 Å². The van der Waals surface area contributed by atoms with Crippen LogP contribution in [0, 0.1) is 0 Å². The van der Waals surface area contributed by atoms with Gasteiger partial charge in [-0.25, -0.2) is 4.79 Å². The van der Waals surface area contributed by atoms with Crippen LogP contribution < -0.4 is 11.1 Å². The number of carboxylic acid groups (broad SMARTS) is 1. The van der Waals surface area contributed by atoms with Crippen molar-refractivity contribution in [1.82, 2.24) is 5.32 Å². The van der Waals surface area contributed by atoms with Gasteiger partial charge >= 0.3 is 11.9 Å². The lowest BCUT2D eigenvalue weighted by Gasteiger charge is -2.03. The first-order valence-electron chi connectivity index (χ1n) is 2.33. The van der Waals surface area contributed by atoms with E-state index in [1.807, 2.05) is 5.32 Å². The van der Waals surface area contributed by atoms with Crippen molar-refractivity contribution in [1.29, 1.82) is 0 Å². The zero-order valence-corrected chi connectivity index (χ0v) is 4.92. The van der Waals surface area contributed by atoms with E-state index in [0.29, 0.717) is 0 Å². The minimum atomic E-state index is -1.52. The molecule has 1 unspecified atom stereocenters. The minimum Gasteiger partial charge on any atom is -0.474 e. The van der Waals surface area contributed by atoms with E-state index in [4.69, 9.17) is 10.8 Å². The second-order valence-electron chi connectivity index (χ2n) is 1.57. The molecule has 4 N–H and O–H groups in total. The molecule has 0 radical (unpaired) electrons. The van der Waals surface area contributed by atoms with Gasteiger partial charge in [0.25, 0.3) is 0 Å². The summed E-state index contributed by atoms with van der Waals surface area (Å²) in [6, 6.07) is 0. The van der Waals surface area contributed by atoms with Gasteiger partial charge in [-0.05, 0) is 6.92 Å². The fourth-order valence-electron chi connectivity index (χ4n) is 0.269. The standard InChI is InChI=1S/C4H8N2O3/c1-2(5)6-3(7)4(8)9/h2H,5H2,1H3,(H,6,7)(H,8,9). The molecule has 0 aliphatic carbocycles. The van der Waals surface area contributed by atoms with Crippen LogP contribution in [0.1, 0.15) is 6.92 Å². The van der Waals surface area contributed by atoms with Gasteiger partial charge in [-0.15, -0.1) is 0 Å². The van der Waals surface area contributed by atoms with Gasteiger partial charge in [0.2, 0.25) is 0 Å². The molecule has 0 spiro atoms. The molecule has 0 aromatic rings. The molecule has 1 amide bonds. The zero-order chi connectivity index (χ0) is 7.44. The Balaban J connectivity index is 3.65. The lowest BCUT2D eigenvalue weighted by molar-refractivity contribution is -0.150. The maximum atomic E-state index is 10.2. The van der Waals surface area contributed by atoms with Gasteiger partial charge in [0.05, 0.1) is 6.17 Å². The van der Waals surface area contributed by atoms with E-state index in [9.17, 15) is 9.59 Å². The number of rotatable bonds is 1. The van der Waals surface area contributed by atoms with Crippen molar-refractivity contribution in [2.45, 2.75) is 13.1 Å². The maximum Gasteiger partial charge on any atom is 0.394 e. The van der Waals surface area contributed by atoms with Crippen molar-refractivity contribution in [3.05, 3.63) is 0 Å². The highest BCUT2D eigenvalue weighted by Crippen LogP contribution is 1.68. The quantitative estimate of drug-likeness (QED) is 0.299. The van der Waals surface area contributed by atoms with Crippen molar-refractivity contribution >= 4 is 11.9 Å². The number of carboxylic acids is 1. The van der Waals surface area contributed by atoms with Gasteiger partial charge in [-0.3, -0.25) is 4.79 Å². The van der Waals surface area contributed by atoms with E-state index >= 15 is 0 Å². The summed E-state index contributed by atoms with van der Waals surface area (Å²) in [4.78, 5) is 19.9. The highest BCUT2D eigenvalue weighted by molar-refractivity contribution is 6.31. The molecule has 9 heavy (non-hydrogen) atoms. The highest BCUT2D eigenvalue weighted by atomic mass is 16.4. The third-order valence-corrected chi connectivity index (χ3v) is 0.553. The highest BCUT2D eigenvalue weighted by Gasteiger charge is 2.10. The average molecular weight is 132 g/mol. The Labute approximate surface area is 51.8 Å². The number of nitrogens with two attached hydrogens (primary N) is 1. The Morgan fingerprint density at radius 1 is 1.67 bits per heavy atom. The summed E-state index contributed by atoms with van der Waals surface area (Å²) < 4.78 is 0. The maximum absolute atomic E-state index is 10.2. The molecule has 0 aromatic carbocycles. The number of hydrogen-bond donors (Lipinski definition) is 3. The van der Waals surface area contributed by atoms with Crippen LogP contribution in [-0.2, 0) is 9.59 Å². The molecule has 0 fully saturated rings. The van der Waals surface area contributed by atoms with E-state index in [-0.39, 0.29) is 0 Å². The largest absolute Gasteiger partial charge is 0.474 e. The fraction of sp³-hybridized carbons (Fsp3) is 0.500. The van der Waals surface area contributed by atoms with Gasteiger partial charge in [-0.2, -0.15) is 0 Å². The van der Waals surface area contributed by atoms with Crippen molar-refractivity contribution in [2.24, 2.45) is 5.73 Å². The predicted octanol–water partition coefficient (Wildman–Crippen LogP) is -1.51. The molecule has 0 aliphatic heterocycles. The van der Waals surface area contributed by atoms with E-state index < -0.39 is 18.0 Å². The van der Waals surface area contributed by atoms with E-state index in [1.54, 1.807) is 0 Å². The number of amides is 1. The molecule has 0 rings (SSSR count). The third-order valence-electron chi connectivity index (χ3n) is 0.553. The van der Waals surface area contributed by atoms with Crippen LogP contribution in [0.5, 0.6) is 0 Å². The van der Waals surface area contributed by atoms with Gasteiger partial charge in [0.1, 0.15) is 0 Å². The third kappa shape index (κ3) is 3.48. The summed E-state index contributed by atoms with van der Waals surface area (Å²) in [7, 11) is 0. The van der Waals surface area contributed by atoms with E-state index in [0.717, 1.165) is 0 Å². The number of hydrogen-bond acceptors (Lipinski definition) is 3. The van der Waals surface area contributed by atoms with Crippen LogP contribution in [0.25, 0.3) is 0 Å². The molecule has 0 heterocycles. The number of carbonyl (C=O) groups excluding carboxylic acids is 1. The molecule has 5 heteroatoms. The van der Waals surface area contributed by atoms with Crippen LogP contribution >= 0.6 is 0 Å². The topological polar surface area (TPSA) is 92.4 Å². The Morgan fingerprint density at radius 2 is 2.11 bits per heavy atom. The van der Waals surface area contributed by atoms with Gasteiger partial charge in [-0.1, -0.05) is 0 Å². The Kier molecular flexibility index (Phi) is 2.66. The number of nitrogens with one attached hydrogen (secondary N) is 1. The normalized spacial score (nSPS) is 12.2. The predicted molar refractivity (Wildman–Crippen MR) is 29.4 cm³/mol. The van der Waals surface area contributed by atoms with E-state index in [1.165, 1.54) is 6.92 Å². The first kappa shape index (κ1) is 7.90. The minimum absolute atomic E-state index is 0.617.